The number of allylic oxidation sites excluding steroid dienone is 5. The summed E-state index contributed by atoms with van der Waals surface area (Å²) < 4.78 is 0. The van der Waals surface area contributed by atoms with Gasteiger partial charge in [0.2, 0.25) is 0 Å². The summed E-state index contributed by atoms with van der Waals surface area (Å²) in [6, 6.07) is 0. The van der Waals surface area contributed by atoms with Crippen LogP contribution in [0.3, 0.4) is 0 Å². The Balaban J connectivity index is 3.35. The summed E-state index contributed by atoms with van der Waals surface area (Å²) in [5.41, 5.74) is 0. The first-order chi connectivity index (χ1) is 4.77. The minimum absolute atomic E-state index is 0.664. The molecule has 0 spiro atoms. The second kappa shape index (κ2) is 6.34. The molecule has 0 heterocycles. The van der Waals surface area contributed by atoms with Gasteiger partial charge in [-0.25, -0.2) is 0 Å². The third-order valence-corrected chi connectivity index (χ3v) is 1.07. The van der Waals surface area contributed by atoms with Crippen LogP contribution in [0.15, 0.2) is 37.0 Å². The van der Waals surface area contributed by atoms with Crippen LogP contribution in [0.2, 0.25) is 0 Å². The van der Waals surface area contributed by atoms with E-state index in [0.717, 1.165) is 6.42 Å². The highest BCUT2D eigenvalue weighted by Gasteiger charge is 1.79. The minimum Gasteiger partial charge on any atom is -0.0991 e. The molecule has 0 aromatic heterocycles. The lowest BCUT2D eigenvalue weighted by Crippen LogP contribution is -1.75. The quantitative estimate of drug-likeness (QED) is 0.411. The fourth-order valence-electron chi connectivity index (χ4n) is 0.604. The van der Waals surface area contributed by atoms with E-state index in [9.17, 15) is 0 Å². The first-order valence-electron chi connectivity index (χ1n) is 3.71. The lowest BCUT2D eigenvalue weighted by Gasteiger charge is -1.90. The van der Waals surface area contributed by atoms with Crippen molar-refractivity contribution in [2.45, 2.75) is 20.3 Å². The summed E-state index contributed by atoms with van der Waals surface area (Å²) in [5.74, 6) is 0.664. The smallest absolute Gasteiger partial charge is 0.0166 e. The third-order valence-electron chi connectivity index (χ3n) is 1.07. The van der Waals surface area contributed by atoms with Crippen LogP contribution in [-0.4, -0.2) is 0 Å². The van der Waals surface area contributed by atoms with Crippen molar-refractivity contribution in [3.8, 4) is 0 Å². The van der Waals surface area contributed by atoms with E-state index in [2.05, 4.69) is 38.7 Å². The Labute approximate surface area is 64.0 Å². The molecule has 0 amide bonds. The highest BCUT2D eigenvalue weighted by molar-refractivity contribution is 5.01. The zero-order valence-electron chi connectivity index (χ0n) is 6.88. The molecule has 0 atom stereocenters. The van der Waals surface area contributed by atoms with E-state index in [1.54, 1.807) is 6.08 Å². The number of hydrogen-bond acceptors (Lipinski definition) is 0. The van der Waals surface area contributed by atoms with Crippen molar-refractivity contribution in [2.75, 3.05) is 0 Å². The molecule has 0 aliphatic rings. The van der Waals surface area contributed by atoms with Gasteiger partial charge in [-0.15, -0.1) is 0 Å². The summed E-state index contributed by atoms with van der Waals surface area (Å²) >= 11 is 0. The molecule has 0 saturated carbocycles. The van der Waals surface area contributed by atoms with Crippen molar-refractivity contribution < 1.29 is 0 Å². The average Bonchev–Trinajstić information content (AvgIpc) is 1.87. The van der Waals surface area contributed by atoms with Crippen molar-refractivity contribution in [3.05, 3.63) is 37.0 Å². The molecule has 0 unspecified atom stereocenters. The molecule has 0 heteroatoms. The predicted octanol–water partition coefficient (Wildman–Crippen LogP) is 3.33. The molecule has 56 valence electrons. The van der Waals surface area contributed by atoms with Gasteiger partial charge in [0, 0.05) is 0 Å². The average molecular weight is 136 g/mol. The minimum atomic E-state index is 0.664. The van der Waals surface area contributed by atoms with Crippen molar-refractivity contribution in [1.29, 1.82) is 0 Å². The molecular formula is C10H16. The van der Waals surface area contributed by atoms with Gasteiger partial charge in [0.05, 0.1) is 0 Å². The number of rotatable bonds is 4. The van der Waals surface area contributed by atoms with Gasteiger partial charge in [0.25, 0.3) is 0 Å². The van der Waals surface area contributed by atoms with Gasteiger partial charge in [-0.3, -0.25) is 0 Å². The zero-order valence-corrected chi connectivity index (χ0v) is 6.88. The van der Waals surface area contributed by atoms with Crippen molar-refractivity contribution in [2.24, 2.45) is 5.92 Å². The van der Waals surface area contributed by atoms with Gasteiger partial charge in [-0.1, -0.05) is 50.8 Å². The normalized spacial score (nSPS) is 11.9. The molecule has 10 heavy (non-hydrogen) atoms. The van der Waals surface area contributed by atoms with E-state index in [-0.39, 0.29) is 0 Å². The fourth-order valence-corrected chi connectivity index (χ4v) is 0.604. The molecule has 0 aromatic rings. The van der Waals surface area contributed by atoms with Gasteiger partial charge >= 0.3 is 0 Å². The molecule has 0 aromatic carbocycles. The maximum Gasteiger partial charge on any atom is -0.0166 e. The van der Waals surface area contributed by atoms with Crippen LogP contribution in [0.1, 0.15) is 20.3 Å². The Morgan fingerprint density at radius 1 is 1.30 bits per heavy atom. The first kappa shape index (κ1) is 9.22. The Morgan fingerprint density at radius 3 is 2.50 bits per heavy atom. The van der Waals surface area contributed by atoms with Crippen LogP contribution in [0.5, 0.6) is 0 Å². The fraction of sp³-hybridized carbons (Fsp3) is 0.400. The van der Waals surface area contributed by atoms with Crippen LogP contribution < -0.4 is 0 Å². The molecule has 0 aliphatic carbocycles. The molecule has 0 nitrogen and oxygen atoms in total. The second-order valence-corrected chi connectivity index (χ2v) is 2.57. The second-order valence-electron chi connectivity index (χ2n) is 2.57. The molecule has 0 radical (unpaired) electrons. The molecule has 0 aliphatic heterocycles. The molecule has 0 fully saturated rings. The Bertz CT molecular complexity index is 127. The highest BCUT2D eigenvalue weighted by Crippen LogP contribution is 1.95. The molecular weight excluding hydrogens is 120 g/mol. The van der Waals surface area contributed by atoms with Crippen molar-refractivity contribution in [1.82, 2.24) is 0 Å². The van der Waals surface area contributed by atoms with Crippen LogP contribution in [0, 0.1) is 5.92 Å². The van der Waals surface area contributed by atoms with Crippen LogP contribution in [0.4, 0.5) is 0 Å². The topological polar surface area (TPSA) is 0 Å². The Hall–Kier alpha value is -0.780. The van der Waals surface area contributed by atoms with Crippen LogP contribution in [-0.2, 0) is 0 Å². The molecule has 0 saturated heterocycles. The summed E-state index contributed by atoms with van der Waals surface area (Å²) in [6.45, 7) is 7.93. The predicted molar refractivity (Wildman–Crippen MR) is 47.9 cm³/mol. The maximum atomic E-state index is 3.58. The number of hydrogen-bond donors (Lipinski definition) is 0. The standard InChI is InChI=1S/C10H16/c1-4-5-6-7-8-9-10(2)3/h4-6,8-10H,1,7H2,2-3H3. The van der Waals surface area contributed by atoms with Gasteiger partial charge in [0.15, 0.2) is 0 Å². The monoisotopic (exact) mass is 136 g/mol. The summed E-state index contributed by atoms with van der Waals surface area (Å²) in [4.78, 5) is 0. The maximum absolute atomic E-state index is 3.58. The lowest BCUT2D eigenvalue weighted by atomic mass is 10.2. The summed E-state index contributed by atoms with van der Waals surface area (Å²) in [5, 5.41) is 0. The zero-order chi connectivity index (χ0) is 7.82. The molecule has 0 rings (SSSR count). The van der Waals surface area contributed by atoms with E-state index in [1.807, 2.05) is 6.08 Å². The highest BCUT2D eigenvalue weighted by atomic mass is 13.9. The van der Waals surface area contributed by atoms with E-state index in [1.165, 1.54) is 0 Å². The summed E-state index contributed by atoms with van der Waals surface area (Å²) in [6.07, 6.45) is 11.2. The van der Waals surface area contributed by atoms with E-state index in [4.69, 9.17) is 0 Å². The molecule has 0 bridgehead atoms. The van der Waals surface area contributed by atoms with Gasteiger partial charge in [-0.05, 0) is 12.3 Å². The van der Waals surface area contributed by atoms with Crippen molar-refractivity contribution >= 4 is 0 Å². The van der Waals surface area contributed by atoms with Gasteiger partial charge in [-0.2, -0.15) is 0 Å². The largest absolute Gasteiger partial charge is 0.0991 e. The lowest BCUT2D eigenvalue weighted by molar-refractivity contribution is 0.828. The van der Waals surface area contributed by atoms with Crippen LogP contribution in [0.25, 0.3) is 0 Å². The van der Waals surface area contributed by atoms with E-state index < -0.39 is 0 Å². The summed E-state index contributed by atoms with van der Waals surface area (Å²) in [7, 11) is 0. The third kappa shape index (κ3) is 7.22. The Morgan fingerprint density at radius 2 is 2.00 bits per heavy atom. The van der Waals surface area contributed by atoms with Gasteiger partial charge in [0.1, 0.15) is 0 Å². The van der Waals surface area contributed by atoms with Crippen LogP contribution >= 0.6 is 0 Å². The first-order valence-corrected chi connectivity index (χ1v) is 3.71. The van der Waals surface area contributed by atoms with Crippen molar-refractivity contribution in [3.63, 3.8) is 0 Å². The molecule has 0 N–H and O–H groups in total. The Kier molecular flexibility index (Phi) is 5.85. The van der Waals surface area contributed by atoms with E-state index >= 15 is 0 Å². The van der Waals surface area contributed by atoms with E-state index in [0.29, 0.717) is 5.92 Å². The van der Waals surface area contributed by atoms with Gasteiger partial charge < -0.3 is 0 Å². The SMILES string of the molecule is C=CC=CCC=CC(C)C.